The van der Waals surface area contributed by atoms with Gasteiger partial charge >= 0.3 is 0 Å². The number of nitrogens with one attached hydrogen (secondary N) is 1. The number of hydrogen-bond donors (Lipinski definition) is 2. The third kappa shape index (κ3) is 1.62. The molecule has 17 heavy (non-hydrogen) atoms. The van der Waals surface area contributed by atoms with Crippen LogP contribution in [0.4, 0.5) is 5.69 Å². The summed E-state index contributed by atoms with van der Waals surface area (Å²) in [5.74, 6) is 0. The predicted molar refractivity (Wildman–Crippen MR) is 58.9 cm³/mol. The molecular formula is C9H5N7S. The summed E-state index contributed by atoms with van der Waals surface area (Å²) >= 11 is 1.24. The molecule has 0 aliphatic heterocycles. The lowest BCUT2D eigenvalue weighted by molar-refractivity contribution is 0.758. The SMILES string of the molecule is N#Cc1nn(-c2nccs2)c(=N)c(C#N)c1N. The van der Waals surface area contributed by atoms with Gasteiger partial charge in [0.1, 0.15) is 17.7 Å². The Morgan fingerprint density at radius 1 is 1.41 bits per heavy atom. The normalized spacial score (nSPS) is 9.53. The summed E-state index contributed by atoms with van der Waals surface area (Å²) in [5.41, 5.74) is 5.14. The number of nitrogen functional groups attached to an aromatic ring is 1. The van der Waals surface area contributed by atoms with Crippen LogP contribution in [0.1, 0.15) is 11.3 Å². The first-order chi connectivity index (χ1) is 8.19. The van der Waals surface area contributed by atoms with Gasteiger partial charge in [-0.3, -0.25) is 5.41 Å². The molecule has 0 aromatic carbocycles. The maximum atomic E-state index is 8.92. The molecule has 0 amide bonds. The van der Waals surface area contributed by atoms with E-state index in [1.54, 1.807) is 23.7 Å². The summed E-state index contributed by atoms with van der Waals surface area (Å²) in [6.45, 7) is 0. The van der Waals surface area contributed by atoms with Crippen molar-refractivity contribution >= 4 is 17.0 Å². The molecule has 0 saturated carbocycles. The van der Waals surface area contributed by atoms with Crippen molar-refractivity contribution in [1.82, 2.24) is 14.8 Å². The van der Waals surface area contributed by atoms with Gasteiger partial charge in [-0.2, -0.15) is 20.3 Å². The molecular weight excluding hydrogens is 238 g/mol. The van der Waals surface area contributed by atoms with E-state index in [0.29, 0.717) is 5.13 Å². The highest BCUT2D eigenvalue weighted by Gasteiger charge is 2.14. The van der Waals surface area contributed by atoms with E-state index in [4.69, 9.17) is 21.7 Å². The smallest absolute Gasteiger partial charge is 0.212 e. The largest absolute Gasteiger partial charge is 0.395 e. The fourth-order valence-corrected chi connectivity index (χ4v) is 1.81. The summed E-state index contributed by atoms with van der Waals surface area (Å²) in [5, 5.41) is 31.6. The van der Waals surface area contributed by atoms with E-state index in [1.807, 2.05) is 0 Å². The minimum atomic E-state index is -0.182. The van der Waals surface area contributed by atoms with Gasteiger partial charge in [0.2, 0.25) is 5.13 Å². The molecule has 0 aliphatic rings. The molecule has 2 aromatic rings. The van der Waals surface area contributed by atoms with Gasteiger partial charge in [0.25, 0.3) is 0 Å². The van der Waals surface area contributed by atoms with Gasteiger partial charge in [0.15, 0.2) is 11.2 Å². The fraction of sp³-hybridized carbons (Fsp3) is 0. The minimum Gasteiger partial charge on any atom is -0.395 e. The topological polar surface area (TPSA) is 128 Å². The van der Waals surface area contributed by atoms with E-state index in [-0.39, 0.29) is 22.4 Å². The highest BCUT2D eigenvalue weighted by atomic mass is 32.1. The maximum Gasteiger partial charge on any atom is 0.212 e. The summed E-state index contributed by atoms with van der Waals surface area (Å²) in [6, 6.07) is 3.58. The van der Waals surface area contributed by atoms with Crippen LogP contribution in [0.25, 0.3) is 5.13 Å². The van der Waals surface area contributed by atoms with Crippen molar-refractivity contribution in [2.45, 2.75) is 0 Å². The van der Waals surface area contributed by atoms with Crippen molar-refractivity contribution in [3.8, 4) is 17.3 Å². The van der Waals surface area contributed by atoms with Crippen LogP contribution in [0, 0.1) is 28.1 Å². The van der Waals surface area contributed by atoms with E-state index < -0.39 is 0 Å². The molecule has 0 saturated heterocycles. The Morgan fingerprint density at radius 2 is 2.18 bits per heavy atom. The van der Waals surface area contributed by atoms with Crippen molar-refractivity contribution in [2.75, 3.05) is 5.73 Å². The molecule has 82 valence electrons. The van der Waals surface area contributed by atoms with Crippen molar-refractivity contribution < 1.29 is 0 Å². The molecule has 0 aliphatic carbocycles. The van der Waals surface area contributed by atoms with Crippen LogP contribution in [-0.2, 0) is 0 Å². The second-order valence-electron chi connectivity index (χ2n) is 2.94. The van der Waals surface area contributed by atoms with Crippen molar-refractivity contribution in [3.63, 3.8) is 0 Å². The lowest BCUT2D eigenvalue weighted by Crippen LogP contribution is -2.26. The summed E-state index contributed by atoms with van der Waals surface area (Å²) in [4.78, 5) is 3.97. The van der Waals surface area contributed by atoms with Crippen LogP contribution in [0.2, 0.25) is 0 Å². The summed E-state index contributed by atoms with van der Waals surface area (Å²) in [7, 11) is 0. The predicted octanol–water partition coefficient (Wildman–Crippen LogP) is 0.134. The Kier molecular flexibility index (Phi) is 2.57. The van der Waals surface area contributed by atoms with E-state index >= 15 is 0 Å². The Hall–Kier alpha value is -2.71. The number of thiazole rings is 1. The average molecular weight is 243 g/mol. The Morgan fingerprint density at radius 3 is 2.71 bits per heavy atom. The van der Waals surface area contributed by atoms with Crippen LogP contribution >= 0.6 is 11.3 Å². The van der Waals surface area contributed by atoms with Gasteiger partial charge in [-0.1, -0.05) is 0 Å². The zero-order valence-corrected chi connectivity index (χ0v) is 9.19. The maximum absolute atomic E-state index is 8.92. The molecule has 0 fully saturated rings. The van der Waals surface area contributed by atoms with Crippen molar-refractivity contribution in [1.29, 1.82) is 15.9 Å². The molecule has 0 spiro atoms. The van der Waals surface area contributed by atoms with Gasteiger partial charge < -0.3 is 5.73 Å². The number of nitrogens with two attached hydrogens (primary N) is 1. The highest BCUT2D eigenvalue weighted by molar-refractivity contribution is 7.12. The molecule has 3 N–H and O–H groups in total. The molecule has 0 atom stereocenters. The fourth-order valence-electron chi connectivity index (χ4n) is 1.21. The average Bonchev–Trinajstić information content (AvgIpc) is 2.83. The first-order valence-electron chi connectivity index (χ1n) is 4.36. The van der Waals surface area contributed by atoms with E-state index in [0.717, 1.165) is 4.68 Å². The van der Waals surface area contributed by atoms with Crippen LogP contribution < -0.4 is 11.2 Å². The van der Waals surface area contributed by atoms with E-state index in [1.165, 1.54) is 11.3 Å². The van der Waals surface area contributed by atoms with Crippen LogP contribution in [0.15, 0.2) is 11.6 Å². The van der Waals surface area contributed by atoms with Crippen molar-refractivity contribution in [2.24, 2.45) is 0 Å². The standard InChI is InChI=1S/C9H5N7S/c10-3-5-7(12)6(4-11)15-16(8(5)13)9-14-1-2-17-9/h1-2,13H,12H2. The van der Waals surface area contributed by atoms with Crippen LogP contribution in [0.3, 0.4) is 0 Å². The quantitative estimate of drug-likeness (QED) is 0.735. The van der Waals surface area contributed by atoms with E-state index in [9.17, 15) is 0 Å². The summed E-state index contributed by atoms with van der Waals surface area (Å²) < 4.78 is 1.12. The number of anilines is 1. The van der Waals surface area contributed by atoms with Gasteiger partial charge in [-0.15, -0.1) is 11.3 Å². The molecule has 0 unspecified atom stereocenters. The summed E-state index contributed by atoms with van der Waals surface area (Å²) in [6.07, 6.45) is 1.54. The van der Waals surface area contributed by atoms with Gasteiger partial charge in [0, 0.05) is 11.6 Å². The Labute approximate surface area is 99.5 Å². The Balaban J connectivity index is 2.85. The molecule has 2 aromatic heterocycles. The number of aromatic nitrogens is 3. The highest BCUT2D eigenvalue weighted by Crippen LogP contribution is 2.13. The minimum absolute atomic E-state index is 0.0761. The third-order valence-corrected chi connectivity index (χ3v) is 2.74. The Bertz CT molecular complexity index is 699. The number of nitriles is 2. The second-order valence-corrected chi connectivity index (χ2v) is 3.81. The van der Waals surface area contributed by atoms with E-state index in [2.05, 4.69) is 10.1 Å². The lowest BCUT2D eigenvalue weighted by atomic mass is 10.2. The lowest BCUT2D eigenvalue weighted by Gasteiger charge is -2.05. The molecule has 0 bridgehead atoms. The molecule has 0 radical (unpaired) electrons. The van der Waals surface area contributed by atoms with Crippen LogP contribution in [0.5, 0.6) is 0 Å². The zero-order chi connectivity index (χ0) is 12.4. The van der Waals surface area contributed by atoms with Gasteiger partial charge in [-0.25, -0.2) is 4.98 Å². The second kappa shape index (κ2) is 4.04. The third-order valence-electron chi connectivity index (χ3n) is 1.99. The van der Waals surface area contributed by atoms with Gasteiger partial charge in [0.05, 0.1) is 5.69 Å². The number of rotatable bonds is 1. The van der Waals surface area contributed by atoms with Crippen LogP contribution in [-0.4, -0.2) is 14.8 Å². The molecule has 8 heteroatoms. The molecule has 2 heterocycles. The zero-order valence-electron chi connectivity index (χ0n) is 8.38. The monoisotopic (exact) mass is 243 g/mol. The number of nitrogens with zero attached hydrogens (tertiary/aromatic N) is 5. The molecule has 2 rings (SSSR count). The van der Waals surface area contributed by atoms with Crippen molar-refractivity contribution in [3.05, 3.63) is 28.3 Å². The van der Waals surface area contributed by atoms with Gasteiger partial charge in [-0.05, 0) is 0 Å². The molecule has 7 nitrogen and oxygen atoms in total. The number of hydrogen-bond acceptors (Lipinski definition) is 7. The first kappa shape index (κ1) is 10.8. The first-order valence-corrected chi connectivity index (χ1v) is 5.24.